The number of nitrogens with zero attached hydrogens (tertiary/aromatic N) is 2. The molecule has 4 rings (SSSR count). The Hall–Kier alpha value is -2.63. The molecule has 6 heteroatoms. The van der Waals surface area contributed by atoms with Gasteiger partial charge in [-0.05, 0) is 19.3 Å². The highest BCUT2D eigenvalue weighted by Crippen LogP contribution is 2.37. The van der Waals surface area contributed by atoms with Crippen molar-refractivity contribution >= 4 is 11.8 Å². The van der Waals surface area contributed by atoms with Gasteiger partial charge in [-0.2, -0.15) is 0 Å². The molecule has 2 aliphatic rings. The molecular formula is C22H27N3O3. The third kappa shape index (κ3) is 3.55. The first-order valence-electron chi connectivity index (χ1n) is 10.1. The van der Waals surface area contributed by atoms with E-state index in [0.717, 1.165) is 36.9 Å². The quantitative estimate of drug-likeness (QED) is 0.864. The first-order chi connectivity index (χ1) is 13.6. The summed E-state index contributed by atoms with van der Waals surface area (Å²) in [4.78, 5) is 27.5. The molecule has 1 N–H and O–H groups in total. The van der Waals surface area contributed by atoms with Crippen molar-refractivity contribution in [1.82, 2.24) is 15.4 Å². The summed E-state index contributed by atoms with van der Waals surface area (Å²) in [5.74, 6) is 0.991. The lowest BCUT2D eigenvalue weighted by Gasteiger charge is -2.27. The highest BCUT2D eigenvalue weighted by molar-refractivity contribution is 5.86. The molecule has 1 aromatic carbocycles. The maximum atomic E-state index is 12.8. The molecule has 1 atom stereocenters. The second kappa shape index (κ2) is 7.78. The van der Waals surface area contributed by atoms with Crippen LogP contribution in [0.3, 0.4) is 0 Å². The number of carbonyl (C=O) groups excluding carboxylic acids is 2. The van der Waals surface area contributed by atoms with E-state index in [1.165, 1.54) is 0 Å². The molecule has 1 saturated heterocycles. The number of likely N-dealkylation sites (tertiary alicyclic amines) is 1. The fourth-order valence-electron chi connectivity index (χ4n) is 4.64. The van der Waals surface area contributed by atoms with Crippen LogP contribution in [0.1, 0.15) is 37.9 Å². The van der Waals surface area contributed by atoms with Crippen molar-refractivity contribution in [3.63, 3.8) is 0 Å². The maximum absolute atomic E-state index is 12.8. The number of nitrogens with one attached hydrogen (secondary N) is 1. The molecular weight excluding hydrogens is 354 g/mol. The number of carbonyl (C=O) groups is 2. The van der Waals surface area contributed by atoms with E-state index in [9.17, 15) is 9.59 Å². The monoisotopic (exact) mass is 381 g/mol. The molecule has 0 spiro atoms. The molecule has 1 aliphatic carbocycles. The van der Waals surface area contributed by atoms with Crippen LogP contribution in [0.2, 0.25) is 0 Å². The van der Waals surface area contributed by atoms with Gasteiger partial charge in [0.1, 0.15) is 11.5 Å². The molecule has 28 heavy (non-hydrogen) atoms. The van der Waals surface area contributed by atoms with Crippen LogP contribution < -0.4 is 5.32 Å². The Morgan fingerprint density at radius 2 is 2.00 bits per heavy atom. The molecule has 2 aromatic rings. The van der Waals surface area contributed by atoms with E-state index in [1.807, 2.05) is 41.3 Å². The molecule has 1 saturated carbocycles. The standard InChI is InChI=1S/C22H27N3O3/c1-23-21(27)22(11-12-25(15-22)20(26)17-9-5-6-10-17)14-18-13-19(24-28-18)16-7-3-2-4-8-16/h2-4,7-8,13,17H,5-6,9-12,14-15H2,1H3,(H,23,27). The van der Waals surface area contributed by atoms with Crippen molar-refractivity contribution in [3.05, 3.63) is 42.2 Å². The minimum Gasteiger partial charge on any atom is -0.361 e. The van der Waals surface area contributed by atoms with E-state index in [-0.39, 0.29) is 17.7 Å². The third-order valence-corrected chi connectivity index (χ3v) is 6.22. The molecule has 1 aromatic heterocycles. The average molecular weight is 381 g/mol. The molecule has 6 nitrogen and oxygen atoms in total. The summed E-state index contributed by atoms with van der Waals surface area (Å²) in [6, 6.07) is 11.7. The predicted octanol–water partition coefficient (Wildman–Crippen LogP) is 3.04. The second-order valence-electron chi connectivity index (χ2n) is 8.07. The molecule has 1 unspecified atom stereocenters. The van der Waals surface area contributed by atoms with Gasteiger partial charge < -0.3 is 14.7 Å². The normalized spacial score (nSPS) is 22.5. The van der Waals surface area contributed by atoms with Gasteiger partial charge in [-0.1, -0.05) is 48.3 Å². The Labute approximate surface area is 165 Å². The van der Waals surface area contributed by atoms with Crippen molar-refractivity contribution in [2.24, 2.45) is 11.3 Å². The summed E-state index contributed by atoms with van der Waals surface area (Å²) in [5, 5.41) is 6.97. The van der Waals surface area contributed by atoms with Gasteiger partial charge in [-0.25, -0.2) is 0 Å². The summed E-state index contributed by atoms with van der Waals surface area (Å²) < 4.78 is 5.56. The Morgan fingerprint density at radius 1 is 1.25 bits per heavy atom. The zero-order valence-corrected chi connectivity index (χ0v) is 16.3. The predicted molar refractivity (Wildman–Crippen MR) is 105 cm³/mol. The van der Waals surface area contributed by atoms with Crippen LogP contribution in [0.15, 0.2) is 40.9 Å². The minimum absolute atomic E-state index is 0.0353. The molecule has 0 radical (unpaired) electrons. The highest BCUT2D eigenvalue weighted by atomic mass is 16.5. The molecule has 148 valence electrons. The Bertz CT molecular complexity index is 842. The summed E-state index contributed by atoms with van der Waals surface area (Å²) in [5.41, 5.74) is 1.09. The van der Waals surface area contributed by atoms with E-state index in [1.54, 1.807) is 7.05 Å². The summed E-state index contributed by atoms with van der Waals surface area (Å²) in [6.07, 6.45) is 5.31. The van der Waals surface area contributed by atoms with E-state index in [0.29, 0.717) is 31.7 Å². The Kier molecular flexibility index (Phi) is 5.20. The largest absolute Gasteiger partial charge is 0.361 e. The average Bonchev–Trinajstić information content (AvgIpc) is 3.49. The van der Waals surface area contributed by atoms with Gasteiger partial charge in [0, 0.05) is 44.1 Å². The van der Waals surface area contributed by atoms with Crippen LogP contribution in [-0.4, -0.2) is 42.0 Å². The number of hydrogen-bond donors (Lipinski definition) is 1. The Balaban J connectivity index is 1.52. The Morgan fingerprint density at radius 3 is 2.71 bits per heavy atom. The van der Waals surface area contributed by atoms with Crippen LogP contribution in [-0.2, 0) is 16.0 Å². The number of aromatic nitrogens is 1. The van der Waals surface area contributed by atoms with Gasteiger partial charge in [0.2, 0.25) is 11.8 Å². The lowest BCUT2D eigenvalue weighted by atomic mass is 9.81. The van der Waals surface area contributed by atoms with Gasteiger partial charge >= 0.3 is 0 Å². The van der Waals surface area contributed by atoms with Gasteiger partial charge in [0.15, 0.2) is 0 Å². The summed E-state index contributed by atoms with van der Waals surface area (Å²) >= 11 is 0. The fraction of sp³-hybridized carbons (Fsp3) is 0.500. The number of amides is 2. The zero-order valence-electron chi connectivity index (χ0n) is 16.3. The fourth-order valence-corrected chi connectivity index (χ4v) is 4.64. The van der Waals surface area contributed by atoms with Gasteiger partial charge in [0.05, 0.1) is 5.41 Å². The lowest BCUT2D eigenvalue weighted by Crippen LogP contribution is -2.44. The molecule has 2 amide bonds. The van der Waals surface area contributed by atoms with Crippen LogP contribution in [0.25, 0.3) is 11.3 Å². The zero-order chi connectivity index (χ0) is 19.6. The van der Waals surface area contributed by atoms with Crippen LogP contribution in [0, 0.1) is 11.3 Å². The van der Waals surface area contributed by atoms with E-state index >= 15 is 0 Å². The second-order valence-corrected chi connectivity index (χ2v) is 8.07. The summed E-state index contributed by atoms with van der Waals surface area (Å²) in [7, 11) is 1.65. The summed E-state index contributed by atoms with van der Waals surface area (Å²) in [6.45, 7) is 1.08. The smallest absolute Gasteiger partial charge is 0.228 e. The van der Waals surface area contributed by atoms with Crippen molar-refractivity contribution < 1.29 is 14.1 Å². The van der Waals surface area contributed by atoms with Crippen molar-refractivity contribution in [1.29, 1.82) is 0 Å². The topological polar surface area (TPSA) is 75.4 Å². The molecule has 0 bridgehead atoms. The minimum atomic E-state index is -0.656. The van der Waals surface area contributed by atoms with Gasteiger partial charge in [-0.3, -0.25) is 9.59 Å². The first kappa shape index (κ1) is 18.7. The van der Waals surface area contributed by atoms with Crippen LogP contribution >= 0.6 is 0 Å². The number of hydrogen-bond acceptors (Lipinski definition) is 4. The van der Waals surface area contributed by atoms with Crippen molar-refractivity contribution in [2.75, 3.05) is 20.1 Å². The van der Waals surface area contributed by atoms with E-state index < -0.39 is 5.41 Å². The number of rotatable bonds is 5. The van der Waals surface area contributed by atoms with Gasteiger partial charge in [-0.15, -0.1) is 0 Å². The van der Waals surface area contributed by atoms with Crippen LogP contribution in [0.4, 0.5) is 0 Å². The van der Waals surface area contributed by atoms with Gasteiger partial charge in [0.25, 0.3) is 0 Å². The van der Waals surface area contributed by atoms with Crippen molar-refractivity contribution in [3.8, 4) is 11.3 Å². The van der Waals surface area contributed by atoms with E-state index in [4.69, 9.17) is 4.52 Å². The molecule has 2 heterocycles. The number of benzene rings is 1. The first-order valence-corrected chi connectivity index (χ1v) is 10.1. The van der Waals surface area contributed by atoms with E-state index in [2.05, 4.69) is 10.5 Å². The van der Waals surface area contributed by atoms with Crippen molar-refractivity contribution in [2.45, 2.75) is 38.5 Å². The SMILES string of the molecule is CNC(=O)C1(Cc2cc(-c3ccccc3)no2)CCN(C(=O)C2CCCC2)C1. The lowest BCUT2D eigenvalue weighted by molar-refractivity contribution is -0.136. The maximum Gasteiger partial charge on any atom is 0.228 e. The highest BCUT2D eigenvalue weighted by Gasteiger charge is 2.47. The third-order valence-electron chi connectivity index (χ3n) is 6.22. The molecule has 2 fully saturated rings. The van der Waals surface area contributed by atoms with Crippen LogP contribution in [0.5, 0.6) is 0 Å². The molecule has 1 aliphatic heterocycles.